The molecule has 0 saturated carbocycles. The van der Waals surface area contributed by atoms with Crippen LogP contribution in [0.1, 0.15) is 45.8 Å². The van der Waals surface area contributed by atoms with Crippen LogP contribution in [0.15, 0.2) is 6.07 Å². The molecular weight excluding hydrogens is 300 g/mol. The van der Waals surface area contributed by atoms with Crippen molar-refractivity contribution in [3.05, 3.63) is 21.4 Å². The first-order chi connectivity index (χ1) is 10.6. The number of hydrogen-bond donors (Lipinski definition) is 1. The second kappa shape index (κ2) is 6.79. The van der Waals surface area contributed by atoms with Gasteiger partial charge in [0.15, 0.2) is 6.10 Å². The summed E-state index contributed by atoms with van der Waals surface area (Å²) in [6.45, 7) is 1.15. The number of amides is 2. The van der Waals surface area contributed by atoms with E-state index >= 15 is 0 Å². The van der Waals surface area contributed by atoms with Gasteiger partial charge >= 0.3 is 0 Å². The highest BCUT2D eigenvalue weighted by Crippen LogP contribution is 2.29. The maximum atomic E-state index is 12.7. The van der Waals surface area contributed by atoms with Crippen molar-refractivity contribution in [2.75, 3.05) is 19.7 Å². The standard InChI is InChI=1S/C16H22N2O3S/c17-15(19)12-10-18(7-8-21-12)16(20)14-9-11-5-3-1-2-4-6-13(11)22-14/h9,12H,1-8,10H2,(H2,17,19)/t12-/m1/s1. The maximum absolute atomic E-state index is 12.7. The number of ether oxygens (including phenoxy) is 1. The molecule has 2 amide bonds. The molecule has 1 aliphatic heterocycles. The van der Waals surface area contributed by atoms with E-state index in [1.165, 1.54) is 36.1 Å². The summed E-state index contributed by atoms with van der Waals surface area (Å²) in [5.74, 6) is -0.498. The molecule has 1 fully saturated rings. The minimum atomic E-state index is -0.682. The lowest BCUT2D eigenvalue weighted by Crippen LogP contribution is -2.50. The lowest BCUT2D eigenvalue weighted by atomic mass is 10.00. The number of thiophene rings is 1. The van der Waals surface area contributed by atoms with Gasteiger partial charge in [0.1, 0.15) is 0 Å². The fraction of sp³-hybridized carbons (Fsp3) is 0.625. The van der Waals surface area contributed by atoms with Crippen LogP contribution in [0, 0.1) is 0 Å². The first-order valence-corrected chi connectivity index (χ1v) is 8.78. The van der Waals surface area contributed by atoms with Crippen molar-refractivity contribution in [1.82, 2.24) is 4.90 Å². The Morgan fingerprint density at radius 2 is 2.00 bits per heavy atom. The number of rotatable bonds is 2. The molecule has 1 saturated heterocycles. The SMILES string of the molecule is NC(=O)[C@H]1CN(C(=O)c2cc3c(s2)CCCCCC3)CCO1. The van der Waals surface area contributed by atoms with Crippen LogP contribution >= 0.6 is 11.3 Å². The van der Waals surface area contributed by atoms with Gasteiger partial charge in [0, 0.05) is 11.4 Å². The molecule has 0 spiro atoms. The van der Waals surface area contributed by atoms with Crippen LogP contribution in [-0.2, 0) is 22.4 Å². The largest absolute Gasteiger partial charge is 0.367 e. The van der Waals surface area contributed by atoms with E-state index in [2.05, 4.69) is 6.07 Å². The molecule has 5 nitrogen and oxygen atoms in total. The van der Waals surface area contributed by atoms with Crippen LogP contribution in [0.5, 0.6) is 0 Å². The average Bonchev–Trinajstić information content (AvgIpc) is 2.89. The normalized spacial score (nSPS) is 22.5. The van der Waals surface area contributed by atoms with E-state index in [9.17, 15) is 9.59 Å². The van der Waals surface area contributed by atoms with Crippen molar-refractivity contribution >= 4 is 23.2 Å². The van der Waals surface area contributed by atoms with E-state index in [1.807, 2.05) is 0 Å². The minimum Gasteiger partial charge on any atom is -0.367 e. The van der Waals surface area contributed by atoms with Crippen LogP contribution < -0.4 is 5.73 Å². The molecule has 1 atom stereocenters. The third kappa shape index (κ3) is 3.33. The molecule has 1 aromatic heterocycles. The van der Waals surface area contributed by atoms with E-state index < -0.39 is 12.0 Å². The summed E-state index contributed by atoms with van der Waals surface area (Å²) >= 11 is 1.62. The zero-order chi connectivity index (χ0) is 15.5. The molecule has 120 valence electrons. The predicted octanol–water partition coefficient (Wildman–Crippen LogP) is 1.73. The molecule has 2 heterocycles. The van der Waals surface area contributed by atoms with Crippen molar-refractivity contribution in [1.29, 1.82) is 0 Å². The van der Waals surface area contributed by atoms with Gasteiger partial charge in [0.25, 0.3) is 5.91 Å². The Labute approximate surface area is 134 Å². The molecule has 3 rings (SSSR count). The van der Waals surface area contributed by atoms with Gasteiger partial charge in [-0.3, -0.25) is 9.59 Å². The van der Waals surface area contributed by atoms with Crippen molar-refractivity contribution < 1.29 is 14.3 Å². The van der Waals surface area contributed by atoms with Crippen molar-refractivity contribution in [3.8, 4) is 0 Å². The molecule has 0 aromatic carbocycles. The number of nitrogens with two attached hydrogens (primary N) is 1. The van der Waals surface area contributed by atoms with Crippen LogP contribution in [0.3, 0.4) is 0 Å². The van der Waals surface area contributed by atoms with Crippen LogP contribution in [0.4, 0.5) is 0 Å². The van der Waals surface area contributed by atoms with Gasteiger partial charge in [-0.2, -0.15) is 0 Å². The molecule has 0 bridgehead atoms. The quantitative estimate of drug-likeness (QED) is 0.901. The second-order valence-electron chi connectivity index (χ2n) is 5.99. The Morgan fingerprint density at radius 3 is 2.77 bits per heavy atom. The minimum absolute atomic E-state index is 0.00583. The zero-order valence-electron chi connectivity index (χ0n) is 12.7. The summed E-state index contributed by atoms with van der Waals surface area (Å²) in [6, 6.07) is 2.06. The Morgan fingerprint density at radius 1 is 1.23 bits per heavy atom. The number of nitrogens with zero attached hydrogens (tertiary/aromatic N) is 1. The van der Waals surface area contributed by atoms with E-state index in [1.54, 1.807) is 16.2 Å². The lowest BCUT2D eigenvalue weighted by Gasteiger charge is -2.31. The Bertz CT molecular complexity index is 544. The first kappa shape index (κ1) is 15.5. The molecule has 0 radical (unpaired) electrons. The van der Waals surface area contributed by atoms with E-state index in [0.29, 0.717) is 13.2 Å². The third-order valence-electron chi connectivity index (χ3n) is 4.38. The number of fused-ring (bicyclic) bond motifs is 1. The third-order valence-corrected chi connectivity index (χ3v) is 5.60. The Balaban J connectivity index is 1.74. The number of hydrogen-bond acceptors (Lipinski definition) is 4. The van der Waals surface area contributed by atoms with Gasteiger partial charge in [-0.05, 0) is 37.3 Å². The predicted molar refractivity (Wildman–Crippen MR) is 85.0 cm³/mol. The first-order valence-electron chi connectivity index (χ1n) is 7.97. The Hall–Kier alpha value is -1.40. The lowest BCUT2D eigenvalue weighted by molar-refractivity contribution is -0.133. The van der Waals surface area contributed by atoms with E-state index in [0.717, 1.165) is 17.7 Å². The number of carbonyl (C=O) groups is 2. The molecular formula is C16H22N2O3S. The monoisotopic (exact) mass is 322 g/mol. The molecule has 2 N–H and O–H groups in total. The topological polar surface area (TPSA) is 72.6 Å². The second-order valence-corrected chi connectivity index (χ2v) is 7.12. The van der Waals surface area contributed by atoms with Crippen LogP contribution in [-0.4, -0.2) is 42.5 Å². The van der Waals surface area contributed by atoms with Gasteiger partial charge in [-0.25, -0.2) is 0 Å². The molecule has 22 heavy (non-hydrogen) atoms. The van der Waals surface area contributed by atoms with Gasteiger partial charge in [-0.1, -0.05) is 12.8 Å². The maximum Gasteiger partial charge on any atom is 0.264 e. The molecule has 6 heteroatoms. The summed E-state index contributed by atoms with van der Waals surface area (Å²) in [4.78, 5) is 27.8. The Kier molecular flexibility index (Phi) is 4.78. The van der Waals surface area contributed by atoms with Gasteiger partial charge in [0.05, 0.1) is 18.0 Å². The van der Waals surface area contributed by atoms with Crippen LogP contribution in [0.25, 0.3) is 0 Å². The number of morpholine rings is 1. The fourth-order valence-corrected chi connectivity index (χ4v) is 4.33. The van der Waals surface area contributed by atoms with Crippen molar-refractivity contribution in [2.24, 2.45) is 5.73 Å². The van der Waals surface area contributed by atoms with E-state index in [-0.39, 0.29) is 12.5 Å². The summed E-state index contributed by atoms with van der Waals surface area (Å²) in [5.41, 5.74) is 6.62. The van der Waals surface area contributed by atoms with Crippen molar-refractivity contribution in [2.45, 2.75) is 44.6 Å². The number of aryl methyl sites for hydroxylation is 2. The highest BCUT2D eigenvalue weighted by atomic mass is 32.1. The molecule has 0 unspecified atom stereocenters. The molecule has 1 aromatic rings. The van der Waals surface area contributed by atoms with Crippen molar-refractivity contribution in [3.63, 3.8) is 0 Å². The van der Waals surface area contributed by atoms with E-state index in [4.69, 9.17) is 10.5 Å². The smallest absolute Gasteiger partial charge is 0.264 e. The summed E-state index contributed by atoms with van der Waals surface area (Å²) in [7, 11) is 0. The summed E-state index contributed by atoms with van der Waals surface area (Å²) in [6.07, 6.45) is 6.46. The number of primary amides is 1. The van der Waals surface area contributed by atoms with Gasteiger partial charge in [0.2, 0.25) is 5.91 Å². The summed E-state index contributed by atoms with van der Waals surface area (Å²) in [5, 5.41) is 0. The fourth-order valence-electron chi connectivity index (χ4n) is 3.11. The highest BCUT2D eigenvalue weighted by Gasteiger charge is 2.29. The van der Waals surface area contributed by atoms with Gasteiger partial charge < -0.3 is 15.4 Å². The molecule has 1 aliphatic carbocycles. The molecule has 2 aliphatic rings. The van der Waals surface area contributed by atoms with Gasteiger partial charge in [-0.15, -0.1) is 11.3 Å². The zero-order valence-corrected chi connectivity index (χ0v) is 13.5. The van der Waals surface area contributed by atoms with Crippen LogP contribution in [0.2, 0.25) is 0 Å². The summed E-state index contributed by atoms with van der Waals surface area (Å²) < 4.78 is 5.30. The average molecular weight is 322 g/mol. The highest BCUT2D eigenvalue weighted by molar-refractivity contribution is 7.14. The number of carbonyl (C=O) groups excluding carboxylic acids is 2.